The van der Waals surface area contributed by atoms with Crippen LogP contribution in [0.15, 0.2) is 17.5 Å². The zero-order chi connectivity index (χ0) is 12.1. The first-order valence-corrected chi connectivity index (χ1v) is 7.43. The normalized spacial score (nSPS) is 20.4. The molecular formula is C14H22ClNOS. The molecule has 4 heteroatoms. The highest BCUT2D eigenvalue weighted by molar-refractivity contribution is 7.12. The Morgan fingerprint density at radius 2 is 2.39 bits per heavy atom. The van der Waals surface area contributed by atoms with Crippen molar-refractivity contribution >= 4 is 29.5 Å². The molecular weight excluding hydrogens is 266 g/mol. The molecule has 2 nitrogen and oxygen atoms in total. The second-order valence-electron chi connectivity index (χ2n) is 5.05. The molecule has 0 aromatic carbocycles. The molecule has 2 rings (SSSR count). The lowest BCUT2D eigenvalue weighted by molar-refractivity contribution is 0.0974. The van der Waals surface area contributed by atoms with Gasteiger partial charge in [-0.05, 0) is 49.7 Å². The fraction of sp³-hybridized carbons (Fsp3) is 0.643. The highest BCUT2D eigenvalue weighted by atomic mass is 35.5. The van der Waals surface area contributed by atoms with Crippen LogP contribution < -0.4 is 0 Å². The van der Waals surface area contributed by atoms with Crippen molar-refractivity contribution in [2.75, 3.05) is 19.6 Å². The third-order valence-corrected chi connectivity index (χ3v) is 4.33. The largest absolute Gasteiger partial charge is 0.303 e. The minimum Gasteiger partial charge on any atom is -0.303 e. The van der Waals surface area contributed by atoms with E-state index in [-0.39, 0.29) is 12.4 Å². The van der Waals surface area contributed by atoms with E-state index in [0.717, 1.165) is 23.8 Å². The number of hydrogen-bond donors (Lipinski definition) is 0. The van der Waals surface area contributed by atoms with E-state index in [1.807, 2.05) is 17.5 Å². The third-order valence-electron chi connectivity index (χ3n) is 3.42. The van der Waals surface area contributed by atoms with Crippen LogP contribution in [-0.4, -0.2) is 30.3 Å². The Morgan fingerprint density at radius 3 is 3.06 bits per heavy atom. The Kier molecular flexibility index (Phi) is 6.90. The lowest BCUT2D eigenvalue weighted by Crippen LogP contribution is -2.35. The summed E-state index contributed by atoms with van der Waals surface area (Å²) in [7, 11) is 0. The standard InChI is InChI=1S/C14H21NOS.ClH/c1-12-5-2-8-15(11-12)9-3-6-13(16)14-7-4-10-17-14;/h4,7,10,12H,2-3,5-6,8-9,11H2,1H3;1H. The van der Waals surface area contributed by atoms with Gasteiger partial charge in [0, 0.05) is 13.0 Å². The van der Waals surface area contributed by atoms with Crippen LogP contribution in [0, 0.1) is 5.92 Å². The molecule has 0 aliphatic carbocycles. The number of carbonyl (C=O) groups excluding carboxylic acids is 1. The lowest BCUT2D eigenvalue weighted by Gasteiger charge is -2.30. The van der Waals surface area contributed by atoms with E-state index < -0.39 is 0 Å². The molecule has 1 aliphatic rings. The molecule has 1 atom stereocenters. The summed E-state index contributed by atoms with van der Waals surface area (Å²) < 4.78 is 0. The monoisotopic (exact) mass is 287 g/mol. The molecule has 2 heterocycles. The number of rotatable bonds is 5. The van der Waals surface area contributed by atoms with Gasteiger partial charge in [0.05, 0.1) is 4.88 Å². The smallest absolute Gasteiger partial charge is 0.172 e. The predicted molar refractivity (Wildman–Crippen MR) is 80.0 cm³/mol. The molecule has 1 aromatic rings. The Morgan fingerprint density at radius 1 is 1.56 bits per heavy atom. The lowest BCUT2D eigenvalue weighted by atomic mass is 10.00. The number of piperidine rings is 1. The number of Topliss-reactive ketones (excluding diaryl/α,β-unsaturated/α-hetero) is 1. The van der Waals surface area contributed by atoms with Gasteiger partial charge in [0.1, 0.15) is 0 Å². The van der Waals surface area contributed by atoms with E-state index in [4.69, 9.17) is 0 Å². The predicted octanol–water partition coefficient (Wildman–Crippen LogP) is 3.86. The Balaban J connectivity index is 0.00000162. The van der Waals surface area contributed by atoms with E-state index in [1.54, 1.807) is 11.3 Å². The summed E-state index contributed by atoms with van der Waals surface area (Å²) in [4.78, 5) is 15.2. The van der Waals surface area contributed by atoms with Crippen molar-refractivity contribution < 1.29 is 4.79 Å². The molecule has 1 aliphatic heterocycles. The van der Waals surface area contributed by atoms with E-state index >= 15 is 0 Å². The quantitative estimate of drug-likeness (QED) is 0.767. The summed E-state index contributed by atoms with van der Waals surface area (Å²) in [6, 6.07) is 3.88. The molecule has 1 unspecified atom stereocenters. The number of halogens is 1. The molecule has 1 saturated heterocycles. The van der Waals surface area contributed by atoms with Crippen LogP contribution in [0.2, 0.25) is 0 Å². The topological polar surface area (TPSA) is 20.3 Å². The van der Waals surface area contributed by atoms with Gasteiger partial charge in [-0.15, -0.1) is 23.7 Å². The molecule has 0 saturated carbocycles. The maximum atomic E-state index is 11.8. The molecule has 0 radical (unpaired) electrons. The maximum absolute atomic E-state index is 11.8. The molecule has 1 aromatic heterocycles. The van der Waals surface area contributed by atoms with Crippen LogP contribution in [0.5, 0.6) is 0 Å². The van der Waals surface area contributed by atoms with Crippen LogP contribution in [-0.2, 0) is 0 Å². The minimum absolute atomic E-state index is 0. The average Bonchev–Trinajstić information content (AvgIpc) is 2.82. The van der Waals surface area contributed by atoms with E-state index in [1.165, 1.54) is 25.9 Å². The van der Waals surface area contributed by atoms with Gasteiger partial charge in [0.2, 0.25) is 0 Å². The zero-order valence-corrected chi connectivity index (χ0v) is 12.6. The van der Waals surface area contributed by atoms with Gasteiger partial charge in [-0.3, -0.25) is 4.79 Å². The van der Waals surface area contributed by atoms with Crippen molar-refractivity contribution in [1.29, 1.82) is 0 Å². The van der Waals surface area contributed by atoms with Crippen molar-refractivity contribution in [3.63, 3.8) is 0 Å². The van der Waals surface area contributed by atoms with Crippen molar-refractivity contribution in [2.45, 2.75) is 32.6 Å². The van der Waals surface area contributed by atoms with Crippen LogP contribution in [0.25, 0.3) is 0 Å². The van der Waals surface area contributed by atoms with Gasteiger partial charge in [-0.25, -0.2) is 0 Å². The van der Waals surface area contributed by atoms with Crippen molar-refractivity contribution in [1.82, 2.24) is 4.90 Å². The molecule has 1 fully saturated rings. The SMILES string of the molecule is CC1CCCN(CCCC(=O)c2cccs2)C1.Cl. The molecule has 0 amide bonds. The van der Waals surface area contributed by atoms with Crippen molar-refractivity contribution in [3.05, 3.63) is 22.4 Å². The first-order valence-electron chi connectivity index (χ1n) is 6.55. The van der Waals surface area contributed by atoms with Crippen LogP contribution in [0.1, 0.15) is 42.3 Å². The number of hydrogen-bond acceptors (Lipinski definition) is 3. The summed E-state index contributed by atoms with van der Waals surface area (Å²) in [5, 5.41) is 1.97. The molecule has 0 bridgehead atoms. The molecule has 0 spiro atoms. The number of carbonyl (C=O) groups is 1. The number of nitrogens with zero attached hydrogens (tertiary/aromatic N) is 1. The number of likely N-dealkylation sites (tertiary alicyclic amines) is 1. The summed E-state index contributed by atoms with van der Waals surface area (Å²) >= 11 is 1.55. The number of thiophene rings is 1. The van der Waals surface area contributed by atoms with Crippen molar-refractivity contribution in [3.8, 4) is 0 Å². The van der Waals surface area contributed by atoms with E-state index in [9.17, 15) is 4.79 Å². The molecule has 102 valence electrons. The summed E-state index contributed by atoms with van der Waals surface area (Å²) in [6.07, 6.45) is 4.39. The van der Waals surface area contributed by atoms with Gasteiger partial charge in [0.25, 0.3) is 0 Å². The van der Waals surface area contributed by atoms with Crippen LogP contribution in [0.4, 0.5) is 0 Å². The first-order chi connectivity index (χ1) is 8.25. The molecule has 0 N–H and O–H groups in total. The zero-order valence-electron chi connectivity index (χ0n) is 10.9. The third kappa shape index (κ3) is 4.71. The average molecular weight is 288 g/mol. The Bertz CT molecular complexity index is 353. The van der Waals surface area contributed by atoms with Crippen molar-refractivity contribution in [2.24, 2.45) is 5.92 Å². The first kappa shape index (κ1) is 15.7. The fourth-order valence-corrected chi connectivity index (χ4v) is 3.21. The Labute approximate surface area is 120 Å². The molecule has 18 heavy (non-hydrogen) atoms. The summed E-state index contributed by atoms with van der Waals surface area (Å²) in [6.45, 7) is 5.84. The summed E-state index contributed by atoms with van der Waals surface area (Å²) in [5.41, 5.74) is 0. The minimum atomic E-state index is 0. The van der Waals surface area contributed by atoms with E-state index in [2.05, 4.69) is 11.8 Å². The summed E-state index contributed by atoms with van der Waals surface area (Å²) in [5.74, 6) is 1.14. The maximum Gasteiger partial charge on any atom is 0.172 e. The van der Waals surface area contributed by atoms with Crippen LogP contribution >= 0.6 is 23.7 Å². The van der Waals surface area contributed by atoms with Gasteiger partial charge in [0.15, 0.2) is 5.78 Å². The van der Waals surface area contributed by atoms with E-state index in [0.29, 0.717) is 12.2 Å². The van der Waals surface area contributed by atoms with Gasteiger partial charge in [-0.2, -0.15) is 0 Å². The number of ketones is 1. The second kappa shape index (κ2) is 7.93. The highest BCUT2D eigenvalue weighted by Gasteiger charge is 2.16. The Hall–Kier alpha value is -0.380. The van der Waals surface area contributed by atoms with Gasteiger partial charge >= 0.3 is 0 Å². The van der Waals surface area contributed by atoms with Gasteiger partial charge in [-0.1, -0.05) is 13.0 Å². The van der Waals surface area contributed by atoms with Crippen LogP contribution in [0.3, 0.4) is 0 Å². The second-order valence-corrected chi connectivity index (χ2v) is 6.00. The highest BCUT2D eigenvalue weighted by Crippen LogP contribution is 2.17. The fourth-order valence-electron chi connectivity index (χ4n) is 2.51. The van der Waals surface area contributed by atoms with Gasteiger partial charge < -0.3 is 4.90 Å².